The molecule has 36 heavy (non-hydrogen) atoms. The fourth-order valence-electron chi connectivity index (χ4n) is 4.25. The van der Waals surface area contributed by atoms with Gasteiger partial charge in [0.05, 0.1) is 13.2 Å². The number of likely N-dealkylation sites (tertiary alicyclic amines) is 1. The Morgan fingerprint density at radius 1 is 1.17 bits per heavy atom. The molecular weight excluding hydrogens is 487 g/mol. The first-order chi connectivity index (χ1) is 16.6. The lowest BCUT2D eigenvalue weighted by atomic mass is 9.67. The summed E-state index contributed by atoms with van der Waals surface area (Å²) in [6.07, 6.45) is -2.35. The molecule has 1 aliphatic heterocycles. The molecule has 1 heterocycles. The summed E-state index contributed by atoms with van der Waals surface area (Å²) in [6.45, 7) is 6.51. The van der Waals surface area contributed by atoms with E-state index in [4.69, 9.17) is 14.2 Å². The van der Waals surface area contributed by atoms with Crippen LogP contribution in [0.5, 0.6) is 0 Å². The third-order valence-corrected chi connectivity index (χ3v) is 5.50. The number of likely N-dealkylation sites (N-methyl/N-ethyl adjacent to an activating group) is 1. The van der Waals surface area contributed by atoms with Crippen molar-refractivity contribution >= 4 is 30.2 Å². The van der Waals surface area contributed by atoms with Crippen molar-refractivity contribution in [2.45, 2.75) is 63.9 Å². The Balaban J connectivity index is 3.00. The van der Waals surface area contributed by atoms with Gasteiger partial charge in [-0.15, -0.1) is 0 Å². The first-order valence-corrected chi connectivity index (χ1v) is 11.2. The number of hydrogen-bond donors (Lipinski definition) is 1. The molecule has 0 aromatic rings. The second-order valence-electron chi connectivity index (χ2n) is 9.06. The van der Waals surface area contributed by atoms with E-state index in [1.807, 2.05) is 0 Å². The fourth-order valence-corrected chi connectivity index (χ4v) is 4.25. The number of carbonyl (C=O) groups excluding carboxylic acids is 4. The number of amides is 2. The van der Waals surface area contributed by atoms with E-state index in [1.54, 1.807) is 12.2 Å². The first-order valence-electron chi connectivity index (χ1n) is 11.2. The summed E-state index contributed by atoms with van der Waals surface area (Å²) < 4.78 is 55.5. The van der Waals surface area contributed by atoms with Crippen molar-refractivity contribution in [2.24, 2.45) is 10.9 Å². The molecule has 200 valence electrons. The van der Waals surface area contributed by atoms with E-state index in [0.29, 0.717) is 0 Å². The molecule has 2 atom stereocenters. The maximum absolute atomic E-state index is 13.9. The number of nitrogens with one attached hydrogen (secondary N) is 1. The summed E-state index contributed by atoms with van der Waals surface area (Å²) in [5, 5.41) is 2.27. The molecule has 1 fully saturated rings. The topological polar surface area (TPSA) is 124 Å². The van der Waals surface area contributed by atoms with Crippen molar-refractivity contribution in [3.63, 3.8) is 0 Å². The van der Waals surface area contributed by atoms with E-state index in [2.05, 4.69) is 10.3 Å². The molecule has 1 aliphatic carbocycles. The van der Waals surface area contributed by atoms with Crippen LogP contribution >= 0.6 is 0 Å². The van der Waals surface area contributed by atoms with Crippen LogP contribution in [0.1, 0.15) is 41.0 Å². The van der Waals surface area contributed by atoms with Gasteiger partial charge in [-0.3, -0.25) is 9.79 Å². The standard InChI is InChI=1S/C23H30F3N3O7/c1-7-34-17(31)23(18(32)35-8-2,27-13-21(24,25)26)22(28-19(33)36-20(3,4)5)14-11-9-10-12-15(14)29(6)16(22)30/h9-10,12-14H,7-8,11H2,1-6H3,(H,28,33)/t14?,22-/m0/s1. The zero-order chi connectivity index (χ0) is 27.5. The Kier molecular flexibility index (Phi) is 8.26. The van der Waals surface area contributed by atoms with Crippen molar-refractivity contribution in [1.82, 2.24) is 10.2 Å². The maximum atomic E-state index is 13.9. The second kappa shape index (κ2) is 10.3. The molecule has 0 radical (unpaired) electrons. The largest absolute Gasteiger partial charge is 0.464 e. The lowest BCUT2D eigenvalue weighted by Crippen LogP contribution is -2.76. The summed E-state index contributed by atoms with van der Waals surface area (Å²) >= 11 is 0. The number of allylic oxidation sites excluding steroid dienone is 3. The zero-order valence-corrected chi connectivity index (χ0v) is 20.9. The second-order valence-corrected chi connectivity index (χ2v) is 9.06. The smallest absolute Gasteiger partial charge is 0.426 e. The average molecular weight is 518 g/mol. The van der Waals surface area contributed by atoms with Crippen molar-refractivity contribution in [3.05, 3.63) is 23.9 Å². The van der Waals surface area contributed by atoms with Crippen LogP contribution in [0.2, 0.25) is 0 Å². The average Bonchev–Trinajstić information content (AvgIpc) is 2.95. The summed E-state index contributed by atoms with van der Waals surface area (Å²) in [7, 11) is 1.30. The minimum atomic E-state index is -5.10. The SMILES string of the molecule is CCOC(=O)C(N=CC(F)(F)F)(C(=O)OCC)[C@@]1(NC(=O)OC(C)(C)C)C(=O)N(C)C2=CC=CCC21. The van der Waals surface area contributed by atoms with Gasteiger partial charge in [-0.1, -0.05) is 12.2 Å². The van der Waals surface area contributed by atoms with E-state index in [9.17, 15) is 32.3 Å². The van der Waals surface area contributed by atoms with Gasteiger partial charge in [0.25, 0.3) is 11.4 Å². The van der Waals surface area contributed by atoms with Gasteiger partial charge in [0.1, 0.15) is 11.8 Å². The van der Waals surface area contributed by atoms with Gasteiger partial charge in [-0.25, -0.2) is 14.4 Å². The van der Waals surface area contributed by atoms with Crippen LogP contribution in [0.15, 0.2) is 28.9 Å². The minimum Gasteiger partial charge on any atom is -0.464 e. The van der Waals surface area contributed by atoms with E-state index in [1.165, 1.54) is 47.7 Å². The molecule has 10 nitrogen and oxygen atoms in total. The number of hydrogen-bond acceptors (Lipinski definition) is 8. The Labute approximate surface area is 206 Å². The predicted octanol–water partition coefficient (Wildman–Crippen LogP) is 2.68. The van der Waals surface area contributed by atoms with Gasteiger partial charge in [-0.2, -0.15) is 13.2 Å². The van der Waals surface area contributed by atoms with Gasteiger partial charge in [-0.05, 0) is 47.1 Å². The molecule has 1 unspecified atom stereocenters. The van der Waals surface area contributed by atoms with E-state index in [0.717, 1.165) is 4.90 Å². The number of ether oxygens (including phenoxy) is 3. The van der Waals surface area contributed by atoms with Crippen LogP contribution in [0.25, 0.3) is 0 Å². The summed E-state index contributed by atoms with van der Waals surface area (Å²) in [5.74, 6) is -5.48. The Morgan fingerprint density at radius 3 is 2.19 bits per heavy atom. The number of halogens is 3. The number of esters is 2. The van der Waals surface area contributed by atoms with Gasteiger partial charge in [0.15, 0.2) is 5.54 Å². The maximum Gasteiger partial charge on any atom is 0.426 e. The number of nitrogens with zero attached hydrogens (tertiary/aromatic N) is 2. The molecular formula is C23H30F3N3O7. The number of rotatable bonds is 7. The fraction of sp³-hybridized carbons (Fsp3) is 0.609. The molecule has 13 heteroatoms. The summed E-state index contributed by atoms with van der Waals surface area (Å²) in [6, 6.07) is 0. The Bertz CT molecular complexity index is 980. The van der Waals surface area contributed by atoms with Gasteiger partial charge in [0, 0.05) is 18.7 Å². The Hall–Kier alpha value is -3.38. The minimum absolute atomic E-state index is 0.0419. The van der Waals surface area contributed by atoms with Gasteiger partial charge >= 0.3 is 24.2 Å². The quantitative estimate of drug-likeness (QED) is 0.238. The van der Waals surface area contributed by atoms with Crippen molar-refractivity contribution in [1.29, 1.82) is 0 Å². The van der Waals surface area contributed by atoms with Crippen LogP contribution < -0.4 is 5.32 Å². The van der Waals surface area contributed by atoms with Gasteiger partial charge < -0.3 is 24.4 Å². The number of alkyl carbamates (subject to hydrolysis) is 1. The van der Waals surface area contributed by atoms with Crippen molar-refractivity contribution in [3.8, 4) is 0 Å². The molecule has 1 saturated heterocycles. The van der Waals surface area contributed by atoms with Crippen molar-refractivity contribution in [2.75, 3.05) is 20.3 Å². The lowest BCUT2D eigenvalue weighted by Gasteiger charge is -2.43. The van der Waals surface area contributed by atoms with Crippen LogP contribution in [0.4, 0.5) is 18.0 Å². The molecule has 0 aromatic carbocycles. The highest BCUT2D eigenvalue weighted by atomic mass is 19.4. The van der Waals surface area contributed by atoms with Gasteiger partial charge in [0.2, 0.25) is 0 Å². The molecule has 2 amide bonds. The van der Waals surface area contributed by atoms with Crippen molar-refractivity contribution < 1.29 is 46.6 Å². The van der Waals surface area contributed by atoms with E-state index in [-0.39, 0.29) is 25.3 Å². The third-order valence-electron chi connectivity index (χ3n) is 5.50. The predicted molar refractivity (Wildman–Crippen MR) is 121 cm³/mol. The molecule has 0 bridgehead atoms. The monoisotopic (exact) mass is 517 g/mol. The molecule has 2 rings (SSSR count). The highest BCUT2D eigenvalue weighted by Gasteiger charge is 2.76. The van der Waals surface area contributed by atoms with E-state index >= 15 is 0 Å². The molecule has 0 saturated carbocycles. The molecule has 2 aliphatic rings. The lowest BCUT2D eigenvalue weighted by molar-refractivity contribution is -0.172. The van der Waals surface area contributed by atoms with E-state index < -0.39 is 58.9 Å². The first kappa shape index (κ1) is 28.9. The van der Waals surface area contributed by atoms with Crippen LogP contribution in [0.3, 0.4) is 0 Å². The highest BCUT2D eigenvalue weighted by Crippen LogP contribution is 2.49. The molecule has 0 spiro atoms. The normalized spacial score (nSPS) is 22.2. The molecule has 1 N–H and O–H groups in total. The third kappa shape index (κ3) is 5.24. The van der Waals surface area contributed by atoms with Crippen LogP contribution in [-0.2, 0) is 28.6 Å². The molecule has 0 aromatic heterocycles. The number of fused-ring (bicyclic) bond motifs is 1. The number of aliphatic imine (C=N–C) groups is 1. The number of carbonyl (C=O) groups is 4. The van der Waals surface area contributed by atoms with Crippen LogP contribution in [-0.4, -0.2) is 78.2 Å². The zero-order valence-electron chi connectivity index (χ0n) is 20.9. The summed E-state index contributed by atoms with van der Waals surface area (Å²) in [5.41, 5.74) is -6.89. The van der Waals surface area contributed by atoms with Crippen LogP contribution in [0, 0.1) is 5.92 Å². The number of alkyl halides is 3. The Morgan fingerprint density at radius 2 is 1.72 bits per heavy atom. The summed E-state index contributed by atoms with van der Waals surface area (Å²) in [4.78, 5) is 58.3. The highest BCUT2D eigenvalue weighted by molar-refractivity contribution is 6.16.